The lowest BCUT2D eigenvalue weighted by molar-refractivity contribution is -0.266. The Morgan fingerprint density at radius 3 is 2.53 bits per heavy atom. The summed E-state index contributed by atoms with van der Waals surface area (Å²) in [6.45, 7) is 3.01. The summed E-state index contributed by atoms with van der Waals surface area (Å²) in [5, 5.41) is 10.8. The number of carbonyl (C=O) groups is 1. The minimum Gasteiger partial charge on any atom is -0.530 e. The Morgan fingerprint density at radius 1 is 1.33 bits per heavy atom. The summed E-state index contributed by atoms with van der Waals surface area (Å²) in [6, 6.07) is 9.56. The van der Waals surface area contributed by atoms with Gasteiger partial charge >= 0.3 is 0 Å². The molecule has 0 aliphatic rings. The van der Waals surface area contributed by atoms with Crippen molar-refractivity contribution in [2.75, 3.05) is 6.54 Å². The van der Waals surface area contributed by atoms with E-state index >= 15 is 0 Å². The van der Waals surface area contributed by atoms with Crippen LogP contribution in [0.1, 0.15) is 25.3 Å². The molecule has 0 fully saturated rings. The van der Waals surface area contributed by atoms with Crippen LogP contribution in [0.25, 0.3) is 0 Å². The second-order valence-corrected chi connectivity index (χ2v) is 3.53. The van der Waals surface area contributed by atoms with E-state index in [1.165, 1.54) is 4.90 Å². The second kappa shape index (κ2) is 6.06. The van der Waals surface area contributed by atoms with Gasteiger partial charge in [0.15, 0.2) is 0 Å². The fourth-order valence-corrected chi connectivity index (χ4v) is 1.39. The summed E-state index contributed by atoms with van der Waals surface area (Å²) in [4.78, 5) is 12.2. The van der Waals surface area contributed by atoms with E-state index in [4.69, 9.17) is 0 Å². The average Bonchev–Trinajstić information content (AvgIpc) is 2.25. The number of carbonyl (C=O) groups excluding carboxylic acids is 1. The zero-order valence-corrected chi connectivity index (χ0v) is 8.98. The van der Waals surface area contributed by atoms with Crippen molar-refractivity contribution >= 4 is 6.09 Å². The maximum atomic E-state index is 10.8. The smallest absolute Gasteiger partial charge is 0.137 e. The molecule has 3 nitrogen and oxygen atoms in total. The van der Waals surface area contributed by atoms with E-state index in [2.05, 4.69) is 0 Å². The lowest BCUT2D eigenvalue weighted by Crippen LogP contribution is -2.41. The van der Waals surface area contributed by atoms with Gasteiger partial charge in [-0.3, -0.25) is 0 Å². The lowest BCUT2D eigenvalue weighted by Gasteiger charge is -2.24. The predicted octanol–water partition coefficient (Wildman–Crippen LogP) is 1.63. The highest BCUT2D eigenvalue weighted by molar-refractivity contribution is 5.62. The average molecular weight is 206 g/mol. The van der Waals surface area contributed by atoms with E-state index in [0.29, 0.717) is 13.1 Å². The molecular formula is C12H16NO2-. The van der Waals surface area contributed by atoms with Gasteiger partial charge in [0, 0.05) is 13.1 Å². The predicted molar refractivity (Wildman–Crippen MR) is 57.2 cm³/mol. The fourth-order valence-electron chi connectivity index (χ4n) is 1.39. The highest BCUT2D eigenvalue weighted by Crippen LogP contribution is 2.05. The van der Waals surface area contributed by atoms with Crippen LogP contribution in [0.2, 0.25) is 0 Å². The Morgan fingerprint density at radius 2 is 2.00 bits per heavy atom. The number of hydrogen-bond acceptors (Lipinski definition) is 2. The van der Waals surface area contributed by atoms with Gasteiger partial charge in [0.1, 0.15) is 6.09 Å². The molecule has 82 valence electrons. The normalized spacial score (nSPS) is 9.93. The van der Waals surface area contributed by atoms with Crippen LogP contribution in [0.5, 0.6) is 0 Å². The molecule has 3 heteroatoms. The topological polar surface area (TPSA) is 43.4 Å². The van der Waals surface area contributed by atoms with Crippen LogP contribution in [0.15, 0.2) is 30.3 Å². The van der Waals surface area contributed by atoms with Crippen molar-refractivity contribution in [1.29, 1.82) is 0 Å². The summed E-state index contributed by atoms with van der Waals surface area (Å²) in [7, 11) is 0. The molecule has 1 aromatic carbocycles. The third-order valence-corrected chi connectivity index (χ3v) is 2.26. The number of hydrogen-bond donors (Lipinski definition) is 0. The highest BCUT2D eigenvalue weighted by atomic mass is 16.4. The first-order valence-electron chi connectivity index (χ1n) is 5.24. The minimum atomic E-state index is -1.09. The highest BCUT2D eigenvalue weighted by Gasteiger charge is 2.03. The Balaban J connectivity index is 2.55. The monoisotopic (exact) mass is 206 g/mol. The van der Waals surface area contributed by atoms with E-state index in [1.54, 1.807) is 0 Å². The van der Waals surface area contributed by atoms with Crippen LogP contribution in [0.4, 0.5) is 4.79 Å². The first-order valence-corrected chi connectivity index (χ1v) is 5.24. The van der Waals surface area contributed by atoms with Gasteiger partial charge in [0.25, 0.3) is 0 Å². The molecule has 0 radical (unpaired) electrons. The Labute approximate surface area is 90.3 Å². The van der Waals surface area contributed by atoms with Gasteiger partial charge in [-0.15, -0.1) is 0 Å². The summed E-state index contributed by atoms with van der Waals surface area (Å²) >= 11 is 0. The van der Waals surface area contributed by atoms with Gasteiger partial charge in [-0.25, -0.2) is 0 Å². The summed E-state index contributed by atoms with van der Waals surface area (Å²) < 4.78 is 0. The van der Waals surface area contributed by atoms with E-state index in [9.17, 15) is 9.90 Å². The molecule has 0 aliphatic carbocycles. The number of amides is 1. The molecule has 1 amide bonds. The number of nitrogens with zero attached hydrogens (tertiary/aromatic N) is 1. The SMILES string of the molecule is CCCCN(Cc1ccccc1)C(=O)[O-]. The molecule has 1 rings (SSSR count). The molecule has 0 atom stereocenters. The van der Waals surface area contributed by atoms with Crippen LogP contribution < -0.4 is 5.11 Å². The Kier molecular flexibility index (Phi) is 4.68. The van der Waals surface area contributed by atoms with Gasteiger partial charge in [-0.2, -0.15) is 0 Å². The molecule has 0 unspecified atom stereocenters. The first kappa shape index (κ1) is 11.6. The molecule has 15 heavy (non-hydrogen) atoms. The van der Waals surface area contributed by atoms with Gasteiger partial charge in [-0.05, 0) is 12.0 Å². The van der Waals surface area contributed by atoms with Gasteiger partial charge < -0.3 is 14.8 Å². The third-order valence-electron chi connectivity index (χ3n) is 2.26. The van der Waals surface area contributed by atoms with Crippen LogP contribution in [0, 0.1) is 0 Å². The van der Waals surface area contributed by atoms with Crippen molar-refractivity contribution in [3.63, 3.8) is 0 Å². The van der Waals surface area contributed by atoms with Crippen molar-refractivity contribution in [1.82, 2.24) is 4.90 Å². The summed E-state index contributed by atoms with van der Waals surface area (Å²) in [5.41, 5.74) is 0.998. The lowest BCUT2D eigenvalue weighted by atomic mass is 10.2. The molecule has 0 spiro atoms. The molecule has 0 saturated heterocycles. The maximum Gasteiger partial charge on any atom is 0.137 e. The quantitative estimate of drug-likeness (QED) is 0.735. The number of rotatable bonds is 5. The van der Waals surface area contributed by atoms with Crippen LogP contribution in [-0.2, 0) is 6.54 Å². The fraction of sp³-hybridized carbons (Fsp3) is 0.417. The van der Waals surface area contributed by atoms with Crippen molar-refractivity contribution in [3.8, 4) is 0 Å². The molecule has 0 aliphatic heterocycles. The van der Waals surface area contributed by atoms with E-state index < -0.39 is 6.09 Å². The van der Waals surface area contributed by atoms with E-state index in [-0.39, 0.29) is 0 Å². The largest absolute Gasteiger partial charge is 0.530 e. The van der Waals surface area contributed by atoms with Crippen molar-refractivity contribution in [3.05, 3.63) is 35.9 Å². The van der Waals surface area contributed by atoms with Gasteiger partial charge in [0.05, 0.1) is 0 Å². The Hall–Kier alpha value is -1.51. The van der Waals surface area contributed by atoms with Crippen LogP contribution in [-0.4, -0.2) is 17.5 Å². The maximum absolute atomic E-state index is 10.8. The van der Waals surface area contributed by atoms with Gasteiger partial charge in [0.2, 0.25) is 0 Å². The number of carboxylic acid groups (broad SMARTS) is 1. The number of unbranched alkanes of at least 4 members (excludes halogenated alkanes) is 1. The first-order chi connectivity index (χ1) is 7.24. The number of benzene rings is 1. The van der Waals surface area contributed by atoms with E-state index in [1.807, 2.05) is 37.3 Å². The molecule has 0 aromatic heterocycles. The molecule has 0 heterocycles. The molecule has 0 bridgehead atoms. The molecular weight excluding hydrogens is 190 g/mol. The van der Waals surface area contributed by atoms with Crippen molar-refractivity contribution in [2.45, 2.75) is 26.3 Å². The minimum absolute atomic E-state index is 0.420. The van der Waals surface area contributed by atoms with Gasteiger partial charge in [-0.1, -0.05) is 43.7 Å². The van der Waals surface area contributed by atoms with Crippen LogP contribution in [0.3, 0.4) is 0 Å². The molecule has 0 saturated carbocycles. The zero-order valence-electron chi connectivity index (χ0n) is 8.98. The standard InChI is InChI=1S/C12H17NO2/c1-2-3-9-13(12(14)15)10-11-7-5-4-6-8-11/h4-8H,2-3,9-10H2,1H3,(H,14,15)/p-1. The van der Waals surface area contributed by atoms with Crippen molar-refractivity contribution in [2.24, 2.45) is 0 Å². The Bertz CT molecular complexity index is 298. The van der Waals surface area contributed by atoms with Crippen LogP contribution >= 0.6 is 0 Å². The summed E-state index contributed by atoms with van der Waals surface area (Å²) in [5.74, 6) is 0. The summed E-state index contributed by atoms with van der Waals surface area (Å²) in [6.07, 6.45) is 0.770. The molecule has 1 aromatic rings. The molecule has 0 N–H and O–H groups in total. The zero-order chi connectivity index (χ0) is 11.1. The van der Waals surface area contributed by atoms with Crippen molar-refractivity contribution < 1.29 is 9.90 Å². The third kappa shape index (κ3) is 4.02. The van der Waals surface area contributed by atoms with E-state index in [0.717, 1.165) is 18.4 Å². The second-order valence-electron chi connectivity index (χ2n) is 3.53.